The van der Waals surface area contributed by atoms with Crippen LogP contribution in [0.5, 0.6) is 0 Å². The zero-order chi connectivity index (χ0) is 12.1. The largest absolute Gasteiger partial charge is 0.395 e. The van der Waals surface area contributed by atoms with Crippen LogP contribution in [0.3, 0.4) is 0 Å². The fraction of sp³-hybridized carbons (Fsp3) is 0.455. The predicted octanol–water partition coefficient (Wildman–Crippen LogP) is 2.52. The summed E-state index contributed by atoms with van der Waals surface area (Å²) in [6, 6.07) is 5.10. The van der Waals surface area contributed by atoms with Gasteiger partial charge in [0.25, 0.3) is 5.69 Å². The third kappa shape index (κ3) is 3.21. The summed E-state index contributed by atoms with van der Waals surface area (Å²) in [4.78, 5) is 10.4. The number of aliphatic hydroxyl groups excluding tert-OH is 1. The first-order chi connectivity index (χ1) is 7.56. The lowest BCUT2D eigenvalue weighted by Crippen LogP contribution is -2.03. The first-order valence-corrected chi connectivity index (χ1v) is 6.06. The van der Waals surface area contributed by atoms with Crippen LogP contribution in [0, 0.1) is 17.0 Å². The smallest absolute Gasteiger partial charge is 0.272 e. The van der Waals surface area contributed by atoms with E-state index in [1.165, 1.54) is 6.07 Å². The molecule has 0 radical (unpaired) electrons. The number of rotatable bonds is 5. The highest BCUT2D eigenvalue weighted by atomic mass is 32.2. The molecule has 0 aromatic heterocycles. The van der Waals surface area contributed by atoms with Gasteiger partial charge >= 0.3 is 0 Å². The van der Waals surface area contributed by atoms with E-state index >= 15 is 0 Å². The standard InChI is InChI=1S/C11H15NO3S/c1-8(6-13)16-7-10-4-3-5-11(9(10)2)12(14)15/h3-5,8,13H,6-7H2,1-2H3/t8-/m0/s1. The second-order valence-electron chi connectivity index (χ2n) is 3.62. The minimum Gasteiger partial charge on any atom is -0.395 e. The Morgan fingerprint density at radius 1 is 1.56 bits per heavy atom. The maximum Gasteiger partial charge on any atom is 0.272 e. The van der Waals surface area contributed by atoms with E-state index in [4.69, 9.17) is 5.11 Å². The summed E-state index contributed by atoms with van der Waals surface area (Å²) in [5.74, 6) is 0.690. The molecule has 0 fully saturated rings. The van der Waals surface area contributed by atoms with Gasteiger partial charge in [0.2, 0.25) is 0 Å². The summed E-state index contributed by atoms with van der Waals surface area (Å²) < 4.78 is 0. The van der Waals surface area contributed by atoms with E-state index in [1.54, 1.807) is 24.8 Å². The number of thioether (sulfide) groups is 1. The van der Waals surface area contributed by atoms with Crippen LogP contribution in [0.25, 0.3) is 0 Å². The van der Waals surface area contributed by atoms with E-state index in [9.17, 15) is 10.1 Å². The Labute approximate surface area is 98.8 Å². The number of aliphatic hydroxyl groups is 1. The average molecular weight is 241 g/mol. The minimum absolute atomic E-state index is 0.124. The van der Waals surface area contributed by atoms with Crippen LogP contribution in [0.1, 0.15) is 18.1 Å². The lowest BCUT2D eigenvalue weighted by Gasteiger charge is -2.09. The summed E-state index contributed by atoms with van der Waals surface area (Å²) in [5.41, 5.74) is 1.83. The fourth-order valence-electron chi connectivity index (χ4n) is 1.31. The highest BCUT2D eigenvalue weighted by Crippen LogP contribution is 2.25. The van der Waals surface area contributed by atoms with E-state index in [1.807, 2.05) is 13.0 Å². The van der Waals surface area contributed by atoms with Crippen LogP contribution in [-0.4, -0.2) is 21.9 Å². The summed E-state index contributed by atoms with van der Waals surface area (Å²) >= 11 is 1.59. The maximum absolute atomic E-state index is 10.7. The summed E-state index contributed by atoms with van der Waals surface area (Å²) in [6.07, 6.45) is 0. The van der Waals surface area contributed by atoms with Crippen molar-refractivity contribution in [3.8, 4) is 0 Å². The van der Waals surface area contributed by atoms with Gasteiger partial charge in [0, 0.05) is 22.6 Å². The van der Waals surface area contributed by atoms with Crippen molar-refractivity contribution in [2.45, 2.75) is 24.9 Å². The molecule has 0 amide bonds. The van der Waals surface area contributed by atoms with Gasteiger partial charge in [-0.25, -0.2) is 0 Å². The lowest BCUT2D eigenvalue weighted by atomic mass is 10.1. The molecule has 4 nitrogen and oxygen atoms in total. The van der Waals surface area contributed by atoms with E-state index < -0.39 is 0 Å². The van der Waals surface area contributed by atoms with E-state index in [0.29, 0.717) is 11.3 Å². The third-order valence-electron chi connectivity index (χ3n) is 2.39. The zero-order valence-electron chi connectivity index (χ0n) is 9.34. The third-order valence-corrected chi connectivity index (χ3v) is 3.59. The maximum atomic E-state index is 10.7. The molecule has 1 atom stereocenters. The lowest BCUT2D eigenvalue weighted by molar-refractivity contribution is -0.385. The molecule has 1 rings (SSSR count). The SMILES string of the molecule is Cc1c(CS[C@@H](C)CO)cccc1[N+](=O)[O-]. The Balaban J connectivity index is 2.81. The molecule has 1 aromatic carbocycles. The van der Waals surface area contributed by atoms with E-state index in [-0.39, 0.29) is 22.5 Å². The van der Waals surface area contributed by atoms with Crippen molar-refractivity contribution >= 4 is 17.4 Å². The first kappa shape index (κ1) is 13.0. The Bertz CT molecular complexity index is 381. The molecule has 88 valence electrons. The highest BCUT2D eigenvalue weighted by molar-refractivity contribution is 7.99. The molecule has 0 aliphatic rings. The summed E-state index contributed by atoms with van der Waals surface area (Å²) in [6.45, 7) is 3.81. The molecule has 5 heteroatoms. The van der Waals surface area contributed by atoms with Gasteiger partial charge in [0.15, 0.2) is 0 Å². The monoisotopic (exact) mass is 241 g/mol. The molecule has 0 saturated heterocycles. The number of hydrogen-bond donors (Lipinski definition) is 1. The predicted molar refractivity (Wildman–Crippen MR) is 65.7 cm³/mol. The van der Waals surface area contributed by atoms with Gasteiger partial charge in [-0.15, -0.1) is 0 Å². The Hall–Kier alpha value is -1.07. The number of benzene rings is 1. The number of nitro benzene ring substituents is 1. The molecule has 1 N–H and O–H groups in total. The molecule has 0 spiro atoms. The second-order valence-corrected chi connectivity index (χ2v) is 5.05. The average Bonchev–Trinajstić information content (AvgIpc) is 2.26. The van der Waals surface area contributed by atoms with Crippen LogP contribution >= 0.6 is 11.8 Å². The number of nitrogens with zero attached hydrogens (tertiary/aromatic N) is 1. The van der Waals surface area contributed by atoms with Crippen LogP contribution < -0.4 is 0 Å². The molecule has 0 heterocycles. The second kappa shape index (κ2) is 5.86. The van der Waals surface area contributed by atoms with Gasteiger partial charge in [-0.05, 0) is 12.5 Å². The van der Waals surface area contributed by atoms with Crippen LogP contribution in [0.4, 0.5) is 5.69 Å². The molecule has 0 unspecified atom stereocenters. The van der Waals surface area contributed by atoms with Gasteiger partial charge in [-0.1, -0.05) is 19.1 Å². The first-order valence-electron chi connectivity index (χ1n) is 5.01. The zero-order valence-corrected chi connectivity index (χ0v) is 10.2. The van der Waals surface area contributed by atoms with Crippen LogP contribution in [-0.2, 0) is 5.75 Å². The van der Waals surface area contributed by atoms with Crippen molar-refractivity contribution in [3.63, 3.8) is 0 Å². The molecule has 0 saturated carbocycles. The normalized spacial score (nSPS) is 12.4. The Kier molecular flexibility index (Phi) is 4.76. The summed E-state index contributed by atoms with van der Waals surface area (Å²) in [7, 11) is 0. The van der Waals surface area contributed by atoms with E-state index in [2.05, 4.69) is 0 Å². The fourth-order valence-corrected chi connectivity index (χ4v) is 2.19. The molecular formula is C11H15NO3S. The van der Waals surface area contributed by atoms with Gasteiger partial charge in [0.05, 0.1) is 11.5 Å². The van der Waals surface area contributed by atoms with Crippen molar-refractivity contribution in [2.24, 2.45) is 0 Å². The molecule has 0 aliphatic carbocycles. The molecule has 0 aliphatic heterocycles. The van der Waals surface area contributed by atoms with Gasteiger partial charge < -0.3 is 5.11 Å². The van der Waals surface area contributed by atoms with Crippen molar-refractivity contribution < 1.29 is 10.0 Å². The number of hydrogen-bond acceptors (Lipinski definition) is 4. The Morgan fingerprint density at radius 3 is 2.81 bits per heavy atom. The van der Waals surface area contributed by atoms with Crippen molar-refractivity contribution in [2.75, 3.05) is 6.61 Å². The minimum atomic E-state index is -0.362. The quantitative estimate of drug-likeness (QED) is 0.635. The molecular weight excluding hydrogens is 226 g/mol. The van der Waals surface area contributed by atoms with E-state index in [0.717, 1.165) is 5.56 Å². The van der Waals surface area contributed by atoms with Crippen molar-refractivity contribution in [3.05, 3.63) is 39.4 Å². The topological polar surface area (TPSA) is 63.4 Å². The molecule has 16 heavy (non-hydrogen) atoms. The van der Waals surface area contributed by atoms with Crippen molar-refractivity contribution in [1.82, 2.24) is 0 Å². The van der Waals surface area contributed by atoms with Gasteiger partial charge in [-0.2, -0.15) is 11.8 Å². The summed E-state index contributed by atoms with van der Waals surface area (Å²) in [5, 5.41) is 19.8. The van der Waals surface area contributed by atoms with Crippen LogP contribution in [0.15, 0.2) is 18.2 Å². The molecule has 1 aromatic rings. The van der Waals surface area contributed by atoms with Gasteiger partial charge in [-0.3, -0.25) is 10.1 Å². The van der Waals surface area contributed by atoms with Crippen LogP contribution in [0.2, 0.25) is 0 Å². The van der Waals surface area contributed by atoms with Gasteiger partial charge in [0.1, 0.15) is 0 Å². The van der Waals surface area contributed by atoms with Crippen molar-refractivity contribution in [1.29, 1.82) is 0 Å². The highest BCUT2D eigenvalue weighted by Gasteiger charge is 2.13. The molecule has 0 bridgehead atoms. The number of nitro groups is 1. The Morgan fingerprint density at radius 2 is 2.25 bits per heavy atom.